The van der Waals surface area contributed by atoms with Crippen LogP contribution in [0, 0.1) is 5.92 Å². The predicted molar refractivity (Wildman–Crippen MR) is 127 cm³/mol. The Morgan fingerprint density at radius 3 is 2.82 bits per heavy atom. The van der Waals surface area contributed by atoms with E-state index in [1.165, 1.54) is 5.56 Å². The number of benzene rings is 1. The molecule has 2 aliphatic rings. The third kappa shape index (κ3) is 5.01. The van der Waals surface area contributed by atoms with Gasteiger partial charge in [0.2, 0.25) is 11.8 Å². The van der Waals surface area contributed by atoms with Crippen LogP contribution in [0.15, 0.2) is 55.0 Å². The Kier molecular flexibility index (Phi) is 6.26. The van der Waals surface area contributed by atoms with Crippen molar-refractivity contribution < 1.29 is 9.53 Å². The standard InChI is InChI=1S/C25H30N6O2/c1-31-16-20(14-30-31)19-11-21-25(29-13-19)33-22(15-27-21)24(18-5-3-2-4-6-18)26-10-9-17-7-8-23(32)28-12-17/h2-6,11,13-14,16-17,22,24,26-27H,7-10,12,15H2,1H3,(H,28,32)/t17?,22-,24+/m0/s1. The number of anilines is 1. The SMILES string of the molecule is Cn1cc(-c2cnc3c(c2)NC[C@@H]([C@H](NCCC2CCC(=O)NC2)c2ccccc2)O3)cn1. The number of pyridine rings is 1. The van der Waals surface area contributed by atoms with Crippen LogP contribution in [0.3, 0.4) is 0 Å². The van der Waals surface area contributed by atoms with Crippen molar-refractivity contribution in [2.75, 3.05) is 25.0 Å². The predicted octanol–water partition coefficient (Wildman–Crippen LogP) is 2.90. The van der Waals surface area contributed by atoms with Gasteiger partial charge >= 0.3 is 0 Å². The first kappa shape index (κ1) is 21.5. The second-order valence-corrected chi connectivity index (χ2v) is 8.86. The van der Waals surface area contributed by atoms with Gasteiger partial charge < -0.3 is 20.7 Å². The summed E-state index contributed by atoms with van der Waals surface area (Å²) in [5, 5.41) is 14.5. The molecular weight excluding hydrogens is 416 g/mol. The Morgan fingerprint density at radius 2 is 2.06 bits per heavy atom. The van der Waals surface area contributed by atoms with Crippen LogP contribution in [-0.4, -0.2) is 46.4 Å². The monoisotopic (exact) mass is 446 g/mol. The van der Waals surface area contributed by atoms with Gasteiger partial charge in [-0.1, -0.05) is 30.3 Å². The molecule has 5 rings (SSSR count). The lowest BCUT2D eigenvalue weighted by molar-refractivity contribution is -0.122. The third-order valence-electron chi connectivity index (χ3n) is 6.46. The summed E-state index contributed by atoms with van der Waals surface area (Å²) in [5.74, 6) is 1.31. The van der Waals surface area contributed by atoms with Crippen LogP contribution >= 0.6 is 0 Å². The number of aromatic nitrogens is 3. The highest BCUT2D eigenvalue weighted by atomic mass is 16.5. The minimum Gasteiger partial charge on any atom is -0.469 e. The first-order valence-corrected chi connectivity index (χ1v) is 11.6. The second kappa shape index (κ2) is 9.62. The lowest BCUT2D eigenvalue weighted by atomic mass is 9.95. The normalized spacial score (nSPS) is 20.8. The van der Waals surface area contributed by atoms with Gasteiger partial charge in [0.25, 0.3) is 0 Å². The van der Waals surface area contributed by atoms with E-state index in [4.69, 9.17) is 4.74 Å². The summed E-state index contributed by atoms with van der Waals surface area (Å²) in [6.07, 6.45) is 8.16. The van der Waals surface area contributed by atoms with Gasteiger partial charge in [-0.05, 0) is 36.9 Å². The van der Waals surface area contributed by atoms with Crippen molar-refractivity contribution in [2.45, 2.75) is 31.4 Å². The lowest BCUT2D eigenvalue weighted by Crippen LogP contribution is -2.43. The first-order valence-electron chi connectivity index (χ1n) is 11.6. The molecule has 4 heterocycles. The number of aryl methyl sites for hydroxylation is 1. The highest BCUT2D eigenvalue weighted by Gasteiger charge is 2.30. The Hall–Kier alpha value is -3.39. The molecule has 2 aromatic heterocycles. The zero-order valence-corrected chi connectivity index (χ0v) is 18.8. The summed E-state index contributed by atoms with van der Waals surface area (Å²) in [6, 6.07) is 12.5. The number of nitrogens with one attached hydrogen (secondary N) is 3. The van der Waals surface area contributed by atoms with E-state index in [1.54, 1.807) is 4.68 Å². The molecule has 3 atom stereocenters. The van der Waals surface area contributed by atoms with Crippen LogP contribution in [-0.2, 0) is 11.8 Å². The van der Waals surface area contributed by atoms with Crippen LogP contribution in [0.4, 0.5) is 5.69 Å². The number of hydrogen-bond acceptors (Lipinski definition) is 6. The van der Waals surface area contributed by atoms with Gasteiger partial charge in [0.15, 0.2) is 0 Å². The van der Waals surface area contributed by atoms with E-state index in [0.29, 0.717) is 24.8 Å². The maximum atomic E-state index is 11.4. The number of rotatable bonds is 7. The Balaban J connectivity index is 1.28. The van der Waals surface area contributed by atoms with Gasteiger partial charge in [0, 0.05) is 43.5 Å². The summed E-state index contributed by atoms with van der Waals surface area (Å²) in [4.78, 5) is 16.0. The maximum absolute atomic E-state index is 11.4. The number of hydrogen-bond donors (Lipinski definition) is 3. The Morgan fingerprint density at radius 1 is 1.18 bits per heavy atom. The maximum Gasteiger partial charge on any atom is 0.237 e. The third-order valence-corrected chi connectivity index (χ3v) is 6.46. The molecule has 3 aromatic rings. The number of fused-ring (bicyclic) bond motifs is 1. The number of carbonyl (C=O) groups is 1. The van der Waals surface area contributed by atoms with Crippen molar-refractivity contribution in [3.05, 3.63) is 60.6 Å². The minimum absolute atomic E-state index is 0.0323. The molecule has 1 saturated heterocycles. The van der Waals surface area contributed by atoms with Crippen LogP contribution < -0.4 is 20.7 Å². The van der Waals surface area contributed by atoms with Gasteiger partial charge in [-0.3, -0.25) is 9.48 Å². The summed E-state index contributed by atoms with van der Waals surface area (Å²) in [5.41, 5.74) is 4.13. The molecule has 172 valence electrons. The van der Waals surface area contributed by atoms with Gasteiger partial charge in [-0.2, -0.15) is 5.10 Å². The highest BCUT2D eigenvalue weighted by Crippen LogP contribution is 2.34. The van der Waals surface area contributed by atoms with Crippen LogP contribution in [0.25, 0.3) is 11.1 Å². The summed E-state index contributed by atoms with van der Waals surface area (Å²) >= 11 is 0. The molecule has 1 unspecified atom stereocenters. The number of ether oxygens (including phenoxy) is 1. The zero-order chi connectivity index (χ0) is 22.6. The number of nitrogens with zero attached hydrogens (tertiary/aromatic N) is 3. The molecule has 8 heteroatoms. The van der Waals surface area contributed by atoms with Gasteiger partial charge in [-0.15, -0.1) is 0 Å². The topological polar surface area (TPSA) is 93.1 Å². The van der Waals surface area contributed by atoms with E-state index in [0.717, 1.165) is 42.7 Å². The molecule has 8 nitrogen and oxygen atoms in total. The Bertz CT molecular complexity index is 1090. The van der Waals surface area contributed by atoms with Gasteiger partial charge in [-0.25, -0.2) is 4.98 Å². The van der Waals surface area contributed by atoms with E-state index in [1.807, 2.05) is 31.7 Å². The number of amides is 1. The molecule has 0 radical (unpaired) electrons. The molecule has 0 bridgehead atoms. The first-order chi connectivity index (χ1) is 16.2. The molecule has 0 aliphatic carbocycles. The average molecular weight is 447 g/mol. The largest absolute Gasteiger partial charge is 0.469 e. The lowest BCUT2D eigenvalue weighted by Gasteiger charge is -2.34. The fourth-order valence-corrected chi connectivity index (χ4v) is 4.58. The van der Waals surface area contributed by atoms with Crippen molar-refractivity contribution in [2.24, 2.45) is 13.0 Å². The molecule has 2 aliphatic heterocycles. The summed E-state index contributed by atoms with van der Waals surface area (Å²) in [7, 11) is 1.91. The zero-order valence-electron chi connectivity index (χ0n) is 18.8. The van der Waals surface area contributed by atoms with Crippen molar-refractivity contribution in [3.63, 3.8) is 0 Å². The second-order valence-electron chi connectivity index (χ2n) is 8.86. The molecular formula is C25H30N6O2. The molecule has 33 heavy (non-hydrogen) atoms. The van der Waals surface area contributed by atoms with Gasteiger partial charge in [0.05, 0.1) is 24.5 Å². The smallest absolute Gasteiger partial charge is 0.237 e. The minimum atomic E-state index is -0.0947. The van der Waals surface area contributed by atoms with Gasteiger partial charge in [0.1, 0.15) is 6.10 Å². The van der Waals surface area contributed by atoms with Crippen molar-refractivity contribution in [1.29, 1.82) is 0 Å². The fraction of sp³-hybridized carbons (Fsp3) is 0.400. The molecule has 1 amide bonds. The van der Waals surface area contributed by atoms with Crippen LogP contribution in [0.1, 0.15) is 30.9 Å². The average Bonchev–Trinajstić information content (AvgIpc) is 3.29. The molecule has 0 saturated carbocycles. The molecule has 1 fully saturated rings. The van der Waals surface area contributed by atoms with Crippen molar-refractivity contribution in [3.8, 4) is 17.0 Å². The van der Waals surface area contributed by atoms with Crippen LogP contribution in [0.5, 0.6) is 5.88 Å². The quantitative estimate of drug-likeness (QED) is 0.517. The van der Waals surface area contributed by atoms with Crippen molar-refractivity contribution >= 4 is 11.6 Å². The number of piperidine rings is 1. The number of carbonyl (C=O) groups excluding carboxylic acids is 1. The van der Waals surface area contributed by atoms with E-state index >= 15 is 0 Å². The summed E-state index contributed by atoms with van der Waals surface area (Å²) < 4.78 is 8.17. The van der Waals surface area contributed by atoms with E-state index < -0.39 is 0 Å². The van der Waals surface area contributed by atoms with E-state index in [-0.39, 0.29) is 18.1 Å². The summed E-state index contributed by atoms with van der Waals surface area (Å²) in [6.45, 7) is 2.31. The van der Waals surface area contributed by atoms with E-state index in [9.17, 15) is 4.79 Å². The fourth-order valence-electron chi connectivity index (χ4n) is 4.58. The van der Waals surface area contributed by atoms with E-state index in [2.05, 4.69) is 56.4 Å². The highest BCUT2D eigenvalue weighted by molar-refractivity contribution is 5.76. The Labute approximate surface area is 193 Å². The molecule has 0 spiro atoms. The molecule has 3 N–H and O–H groups in total. The van der Waals surface area contributed by atoms with Crippen LogP contribution in [0.2, 0.25) is 0 Å². The molecule has 1 aromatic carbocycles. The van der Waals surface area contributed by atoms with Crippen molar-refractivity contribution in [1.82, 2.24) is 25.4 Å².